The van der Waals surface area contributed by atoms with E-state index in [2.05, 4.69) is 171 Å². The van der Waals surface area contributed by atoms with Crippen molar-refractivity contribution < 1.29 is 4.74 Å². The molecule has 0 heterocycles. The molecule has 1 unspecified atom stereocenters. The summed E-state index contributed by atoms with van der Waals surface area (Å²) in [7, 11) is -5.00. The van der Waals surface area contributed by atoms with Gasteiger partial charge in [0, 0.05) is 28.0 Å². The summed E-state index contributed by atoms with van der Waals surface area (Å²) < 4.78 is 9.48. The summed E-state index contributed by atoms with van der Waals surface area (Å²) in [6, 6.07) is 54.1. The minimum absolute atomic E-state index is 0.900. The lowest BCUT2D eigenvalue weighted by Gasteiger charge is -2.40. The van der Waals surface area contributed by atoms with Crippen LogP contribution in [0.1, 0.15) is 198 Å². The number of hydrogen-bond donors (Lipinski definition) is 0. The molecule has 0 radical (unpaired) electrons. The van der Waals surface area contributed by atoms with Crippen molar-refractivity contribution in [1.82, 2.24) is 4.44 Å². The zero-order chi connectivity index (χ0) is 52.1. The topological polar surface area (TPSA) is 12.5 Å². The van der Waals surface area contributed by atoms with E-state index in [-0.39, 0.29) is 0 Å². The summed E-state index contributed by atoms with van der Waals surface area (Å²) in [5, 5.41) is 11.1. The molecule has 0 aliphatic heterocycles. The Morgan fingerprint density at radius 2 is 0.597 bits per heavy atom. The molecule has 0 aliphatic rings. The first kappa shape index (κ1) is 62.7. The Morgan fingerprint density at radius 3 is 0.861 bits per heavy atom. The highest BCUT2D eigenvalue weighted by Gasteiger charge is 2.39. The van der Waals surface area contributed by atoms with Gasteiger partial charge in [0.05, 0.1) is 31.3 Å². The first-order valence-corrected chi connectivity index (χ1v) is 41.0. The maximum atomic E-state index is 6.42. The molecule has 0 bridgehead atoms. The summed E-state index contributed by atoms with van der Waals surface area (Å²) in [6.45, 7) is 25.1. The average molecular weight is 1070 g/mol. The molecule has 0 amide bonds. The third-order valence-corrected chi connectivity index (χ3v) is 38.8. The molecule has 1 atom stereocenters. The van der Waals surface area contributed by atoms with Crippen LogP contribution in [0.2, 0.25) is 54.4 Å². The van der Waals surface area contributed by atoms with Crippen LogP contribution in [0.15, 0.2) is 97.1 Å². The minimum atomic E-state index is -1.68. The van der Waals surface area contributed by atoms with Crippen molar-refractivity contribution in [3.05, 3.63) is 97.1 Å². The van der Waals surface area contributed by atoms with E-state index in [0.717, 1.165) is 12.3 Å². The monoisotopic (exact) mass is 1070 g/mol. The van der Waals surface area contributed by atoms with Gasteiger partial charge in [-0.25, -0.2) is 4.44 Å². The van der Waals surface area contributed by atoms with Crippen LogP contribution in [-0.4, -0.2) is 42.3 Å². The molecule has 0 fully saturated rings. The predicted octanol–water partition coefficient (Wildman–Crippen LogP) is 18.4. The van der Waals surface area contributed by atoms with Crippen molar-refractivity contribution in [2.45, 2.75) is 252 Å². The van der Waals surface area contributed by atoms with Gasteiger partial charge in [-0.05, 0) is 34.5 Å². The molecule has 0 aliphatic carbocycles. The lowest BCUT2D eigenvalue weighted by molar-refractivity contribution is 0.418. The smallest absolute Gasteiger partial charge is 0.128 e. The summed E-state index contributed by atoms with van der Waals surface area (Å²) >= 11 is 0. The number of benzene rings is 4. The molecule has 72 heavy (non-hydrogen) atoms. The molecular formula is C65H109NOP2Si3. The standard InChI is InChI=1S/C65H109NOP2Si3/c1-12-22-48-66(69(65-35-33-32-34-64(65)67-11)60-40-46-63(47-41-60)72(55-29-19-8,56-30-20-9)57-31-21-10)68(58-36-42-61(43-37-58)70(49-23-13-2,50-24-14-3)51-25-15-4)59-38-44-62(45-39-59)71(52-26-16-5,53-27-17-6)54-28-18-7/h32-47H,12-31,48-57H2,1-11H3. The molecule has 402 valence electrons. The molecular weight excluding hydrogens is 957 g/mol. The second-order valence-electron chi connectivity index (χ2n) is 22.2. The Morgan fingerprint density at radius 1 is 0.333 bits per heavy atom. The first-order valence-electron chi connectivity index (χ1n) is 30.5. The molecule has 4 rings (SSSR count). The largest absolute Gasteiger partial charge is 0.496 e. The minimum Gasteiger partial charge on any atom is -0.496 e. The number of unbranched alkanes of at least 4 members (excludes halogenated alkanes) is 10. The second-order valence-corrected chi connectivity index (χ2v) is 40.6. The van der Waals surface area contributed by atoms with Gasteiger partial charge in [-0.3, -0.25) is 0 Å². The maximum absolute atomic E-state index is 6.42. The van der Waals surface area contributed by atoms with E-state index in [0.29, 0.717) is 0 Å². The lowest BCUT2D eigenvalue weighted by atomic mass is 10.3. The van der Waals surface area contributed by atoms with E-state index in [1.807, 2.05) is 7.11 Å². The van der Waals surface area contributed by atoms with Gasteiger partial charge in [0.25, 0.3) is 0 Å². The summed E-state index contributed by atoms with van der Waals surface area (Å²) in [5.41, 5.74) is 0. The number of hydrogen-bond acceptors (Lipinski definition) is 2. The van der Waals surface area contributed by atoms with E-state index in [1.54, 1.807) is 15.6 Å². The zero-order valence-electron chi connectivity index (χ0n) is 48.7. The SMILES string of the molecule is CCCCN(P(c1ccc([Si](CCCC)(CCCC)CCCC)cc1)c1ccc([Si](CCCC)(CCCC)CCCC)cc1)P(c1ccc([Si](CCCC)(CCCC)CCCC)cc1)c1ccccc1OC. The zero-order valence-corrected chi connectivity index (χ0v) is 53.5. The Balaban J connectivity index is 2.08. The number of para-hydroxylation sites is 1. The van der Waals surface area contributed by atoms with Gasteiger partial charge >= 0.3 is 0 Å². The van der Waals surface area contributed by atoms with Crippen LogP contribution in [0.5, 0.6) is 5.75 Å². The summed E-state index contributed by atoms with van der Waals surface area (Å²) in [4.78, 5) is 0. The highest BCUT2D eigenvalue weighted by atomic mass is 31.2. The quantitative estimate of drug-likeness (QED) is 0.0325. The van der Waals surface area contributed by atoms with Gasteiger partial charge in [0.15, 0.2) is 0 Å². The van der Waals surface area contributed by atoms with Crippen molar-refractivity contribution in [3.63, 3.8) is 0 Å². The number of nitrogens with zero attached hydrogens (tertiary/aromatic N) is 1. The van der Waals surface area contributed by atoms with Gasteiger partial charge in [-0.2, -0.15) is 0 Å². The fraction of sp³-hybridized carbons (Fsp3) is 0.631. The average Bonchev–Trinajstić information content (AvgIpc) is 3.42. The molecule has 2 nitrogen and oxygen atoms in total. The molecule has 0 saturated carbocycles. The van der Waals surface area contributed by atoms with Crippen molar-refractivity contribution >= 4 is 77.1 Å². The van der Waals surface area contributed by atoms with Gasteiger partial charge < -0.3 is 4.74 Å². The number of rotatable bonds is 40. The van der Waals surface area contributed by atoms with Crippen molar-refractivity contribution in [2.75, 3.05) is 13.7 Å². The van der Waals surface area contributed by atoms with Crippen molar-refractivity contribution in [2.24, 2.45) is 0 Å². The maximum Gasteiger partial charge on any atom is 0.128 e. The van der Waals surface area contributed by atoms with E-state index < -0.39 is 40.4 Å². The normalized spacial score (nSPS) is 12.8. The number of methoxy groups -OCH3 is 1. The highest BCUT2D eigenvalue weighted by molar-refractivity contribution is 7.84. The van der Waals surface area contributed by atoms with Crippen LogP contribution in [-0.2, 0) is 0 Å². The van der Waals surface area contributed by atoms with E-state index in [4.69, 9.17) is 4.74 Å². The van der Waals surface area contributed by atoms with E-state index >= 15 is 0 Å². The molecule has 4 aromatic rings. The third kappa shape index (κ3) is 17.6. The van der Waals surface area contributed by atoms with Crippen LogP contribution in [0.4, 0.5) is 0 Å². The summed E-state index contributed by atoms with van der Waals surface area (Å²) in [6.07, 6.45) is 26.3. The molecule has 0 spiro atoms. The van der Waals surface area contributed by atoms with Crippen LogP contribution in [0.25, 0.3) is 0 Å². The van der Waals surface area contributed by atoms with E-state index in [9.17, 15) is 0 Å². The molecule has 0 N–H and O–H groups in total. The van der Waals surface area contributed by atoms with Crippen molar-refractivity contribution in [3.8, 4) is 5.75 Å². The molecule has 0 aromatic heterocycles. The predicted molar refractivity (Wildman–Crippen MR) is 340 cm³/mol. The van der Waals surface area contributed by atoms with Gasteiger partial charge in [0.1, 0.15) is 5.75 Å². The van der Waals surface area contributed by atoms with Gasteiger partial charge in [-0.15, -0.1) is 0 Å². The van der Waals surface area contributed by atoms with Crippen LogP contribution < -0.4 is 41.5 Å². The molecule has 0 saturated heterocycles. The van der Waals surface area contributed by atoms with Crippen LogP contribution in [0.3, 0.4) is 0 Å². The first-order chi connectivity index (χ1) is 35.2. The number of ether oxygens (including phenoxy) is 1. The molecule has 4 aromatic carbocycles. The highest BCUT2D eigenvalue weighted by Crippen LogP contribution is 2.56. The summed E-state index contributed by atoms with van der Waals surface area (Å²) in [5.74, 6) is 1.03. The third-order valence-electron chi connectivity index (χ3n) is 16.7. The lowest BCUT2D eigenvalue weighted by Crippen LogP contribution is -2.48. The van der Waals surface area contributed by atoms with Crippen molar-refractivity contribution in [1.29, 1.82) is 0 Å². The van der Waals surface area contributed by atoms with E-state index in [1.165, 1.54) is 204 Å². The Bertz CT molecular complexity index is 1870. The Labute approximate surface area is 452 Å². The molecule has 7 heteroatoms. The Kier molecular flexibility index (Phi) is 30.2. The van der Waals surface area contributed by atoms with Gasteiger partial charge in [0.2, 0.25) is 0 Å². The van der Waals surface area contributed by atoms with Crippen LogP contribution in [0, 0.1) is 0 Å². The fourth-order valence-corrected chi connectivity index (χ4v) is 35.0. The Hall–Kier alpha value is -1.85. The second kappa shape index (κ2) is 34.7. The van der Waals surface area contributed by atoms with Crippen LogP contribution >= 0.6 is 16.1 Å². The fourth-order valence-electron chi connectivity index (χ4n) is 12.1. The van der Waals surface area contributed by atoms with Gasteiger partial charge in [-0.1, -0.05) is 346 Å².